The van der Waals surface area contributed by atoms with Crippen LogP contribution < -0.4 is 10.5 Å². The van der Waals surface area contributed by atoms with Crippen molar-refractivity contribution < 1.29 is 13.3 Å². The van der Waals surface area contributed by atoms with Crippen LogP contribution >= 0.6 is 0 Å². The number of nitrogen functional groups attached to an aromatic ring is 1. The summed E-state index contributed by atoms with van der Waals surface area (Å²) in [5, 5.41) is 10.5. The Hall–Kier alpha value is -2.68. The molecule has 1 heterocycles. The minimum atomic E-state index is -4.02. The molecule has 21 heavy (non-hydrogen) atoms. The van der Waals surface area contributed by atoms with Crippen LogP contribution in [0, 0.1) is 17.0 Å². The number of hydrogen-bond donors (Lipinski definition) is 2. The summed E-state index contributed by atoms with van der Waals surface area (Å²) in [5.41, 5.74) is 5.72. The summed E-state index contributed by atoms with van der Waals surface area (Å²) in [6.07, 6.45) is 1.30. The quantitative estimate of drug-likeness (QED) is 0.653. The third kappa shape index (κ3) is 2.92. The largest absolute Gasteiger partial charge is 0.396 e. The third-order valence-electron chi connectivity index (χ3n) is 2.80. The van der Waals surface area contributed by atoms with E-state index in [0.717, 1.165) is 0 Å². The molecule has 2 rings (SSSR count). The van der Waals surface area contributed by atoms with Crippen molar-refractivity contribution in [2.24, 2.45) is 0 Å². The number of nitro groups is 1. The molecule has 0 radical (unpaired) electrons. The van der Waals surface area contributed by atoms with Crippen molar-refractivity contribution in [3.63, 3.8) is 0 Å². The van der Waals surface area contributed by atoms with Crippen molar-refractivity contribution in [3.8, 4) is 0 Å². The Morgan fingerprint density at radius 2 is 2.00 bits per heavy atom. The molecule has 2 aromatic rings. The van der Waals surface area contributed by atoms with Gasteiger partial charge in [0.2, 0.25) is 0 Å². The molecule has 0 saturated heterocycles. The number of sulfonamides is 1. The molecular weight excluding hydrogens is 296 g/mol. The average molecular weight is 308 g/mol. The summed E-state index contributed by atoms with van der Waals surface area (Å²) in [7, 11) is -4.02. The molecule has 0 atom stereocenters. The van der Waals surface area contributed by atoms with Crippen molar-refractivity contribution in [2.75, 3.05) is 10.5 Å². The number of nitrogens with two attached hydrogens (primary N) is 1. The van der Waals surface area contributed by atoms with E-state index in [1.807, 2.05) is 0 Å². The second-order valence-electron chi connectivity index (χ2n) is 4.21. The first-order valence-electron chi connectivity index (χ1n) is 5.80. The Kier molecular flexibility index (Phi) is 3.76. The number of hydrogen-bond acceptors (Lipinski definition) is 6. The zero-order valence-corrected chi connectivity index (χ0v) is 11.8. The molecule has 0 unspecified atom stereocenters. The predicted octanol–water partition coefficient (Wildman–Crippen LogP) is 1.68. The Labute approximate surface area is 120 Å². The van der Waals surface area contributed by atoms with E-state index in [-0.39, 0.29) is 27.7 Å². The second kappa shape index (κ2) is 5.37. The molecule has 0 aliphatic rings. The average Bonchev–Trinajstić information content (AvgIpc) is 2.41. The molecule has 0 spiro atoms. The van der Waals surface area contributed by atoms with E-state index < -0.39 is 14.9 Å². The van der Waals surface area contributed by atoms with Gasteiger partial charge in [0.05, 0.1) is 21.9 Å². The number of benzene rings is 1. The van der Waals surface area contributed by atoms with Crippen LogP contribution in [0.15, 0.2) is 41.6 Å². The smallest absolute Gasteiger partial charge is 0.281 e. The van der Waals surface area contributed by atoms with Crippen LogP contribution in [0.3, 0.4) is 0 Å². The SMILES string of the molecule is Cc1c(NS(=O)(=O)c2ncccc2N)cccc1[N+](=O)[O-]. The molecule has 0 saturated carbocycles. The number of pyridine rings is 1. The molecule has 110 valence electrons. The third-order valence-corrected chi connectivity index (χ3v) is 4.14. The second-order valence-corrected chi connectivity index (χ2v) is 5.81. The molecule has 0 amide bonds. The van der Waals surface area contributed by atoms with E-state index in [1.165, 1.54) is 43.5 Å². The number of anilines is 2. The number of aromatic nitrogens is 1. The number of nitro benzene ring substituents is 1. The van der Waals surface area contributed by atoms with Crippen molar-refractivity contribution in [1.82, 2.24) is 4.98 Å². The van der Waals surface area contributed by atoms with Crippen LogP contribution in [0.1, 0.15) is 5.56 Å². The summed E-state index contributed by atoms with van der Waals surface area (Å²) in [6.45, 7) is 1.46. The van der Waals surface area contributed by atoms with Gasteiger partial charge in [-0.15, -0.1) is 0 Å². The normalized spacial score (nSPS) is 11.1. The first-order valence-corrected chi connectivity index (χ1v) is 7.28. The molecule has 3 N–H and O–H groups in total. The molecule has 1 aromatic heterocycles. The maximum absolute atomic E-state index is 12.2. The lowest BCUT2D eigenvalue weighted by Gasteiger charge is -2.11. The first-order chi connectivity index (χ1) is 9.83. The minimum Gasteiger partial charge on any atom is -0.396 e. The summed E-state index contributed by atoms with van der Waals surface area (Å²) in [6, 6.07) is 7.03. The van der Waals surface area contributed by atoms with E-state index in [0.29, 0.717) is 0 Å². The Bertz CT molecular complexity index is 805. The lowest BCUT2D eigenvalue weighted by Crippen LogP contribution is -2.17. The maximum Gasteiger partial charge on any atom is 0.281 e. The van der Waals surface area contributed by atoms with Gasteiger partial charge in [-0.1, -0.05) is 6.07 Å². The monoisotopic (exact) mass is 308 g/mol. The Morgan fingerprint density at radius 1 is 1.29 bits per heavy atom. The Balaban J connectivity index is 2.45. The molecule has 1 aromatic carbocycles. The van der Waals surface area contributed by atoms with E-state index in [2.05, 4.69) is 9.71 Å². The molecule has 8 nitrogen and oxygen atoms in total. The Morgan fingerprint density at radius 3 is 2.62 bits per heavy atom. The van der Waals surface area contributed by atoms with Crippen LogP contribution in [0.4, 0.5) is 17.1 Å². The fourth-order valence-corrected chi connectivity index (χ4v) is 2.94. The molecule has 0 bridgehead atoms. The summed E-state index contributed by atoms with van der Waals surface area (Å²) in [4.78, 5) is 14.0. The summed E-state index contributed by atoms with van der Waals surface area (Å²) >= 11 is 0. The number of nitrogens with zero attached hydrogens (tertiary/aromatic N) is 2. The highest BCUT2D eigenvalue weighted by Crippen LogP contribution is 2.27. The number of nitrogens with one attached hydrogen (secondary N) is 1. The predicted molar refractivity (Wildman–Crippen MR) is 77.3 cm³/mol. The van der Waals surface area contributed by atoms with Crippen LogP contribution in [-0.2, 0) is 10.0 Å². The zero-order chi connectivity index (χ0) is 15.6. The fourth-order valence-electron chi connectivity index (χ4n) is 1.75. The van der Waals surface area contributed by atoms with E-state index in [9.17, 15) is 18.5 Å². The molecular formula is C12H12N4O4S. The van der Waals surface area contributed by atoms with Crippen LogP contribution in [0.5, 0.6) is 0 Å². The molecule has 0 fully saturated rings. The van der Waals surface area contributed by atoms with E-state index >= 15 is 0 Å². The summed E-state index contributed by atoms with van der Waals surface area (Å²) in [5.74, 6) is 0. The highest BCUT2D eigenvalue weighted by molar-refractivity contribution is 7.92. The van der Waals surface area contributed by atoms with Crippen molar-refractivity contribution in [1.29, 1.82) is 0 Å². The van der Waals surface area contributed by atoms with Gasteiger partial charge in [-0.2, -0.15) is 8.42 Å². The van der Waals surface area contributed by atoms with Gasteiger partial charge in [-0.25, -0.2) is 4.98 Å². The van der Waals surface area contributed by atoms with Gasteiger partial charge in [-0.05, 0) is 25.1 Å². The highest BCUT2D eigenvalue weighted by Gasteiger charge is 2.22. The zero-order valence-electron chi connectivity index (χ0n) is 11.0. The highest BCUT2D eigenvalue weighted by atomic mass is 32.2. The van der Waals surface area contributed by atoms with Crippen LogP contribution in [0.25, 0.3) is 0 Å². The van der Waals surface area contributed by atoms with Gasteiger partial charge in [0.1, 0.15) is 0 Å². The van der Waals surface area contributed by atoms with Crippen LogP contribution in [0.2, 0.25) is 0 Å². The van der Waals surface area contributed by atoms with Crippen LogP contribution in [-0.4, -0.2) is 18.3 Å². The van der Waals surface area contributed by atoms with Gasteiger partial charge in [-0.3, -0.25) is 14.8 Å². The molecule has 0 aliphatic carbocycles. The van der Waals surface area contributed by atoms with E-state index in [1.54, 1.807) is 0 Å². The molecule has 0 aliphatic heterocycles. The van der Waals surface area contributed by atoms with Crippen molar-refractivity contribution in [2.45, 2.75) is 11.9 Å². The topological polar surface area (TPSA) is 128 Å². The summed E-state index contributed by atoms with van der Waals surface area (Å²) < 4.78 is 26.7. The lowest BCUT2D eigenvalue weighted by molar-refractivity contribution is -0.385. The molecule has 9 heteroatoms. The first kappa shape index (κ1) is 14.7. The maximum atomic E-state index is 12.2. The van der Waals surface area contributed by atoms with Crippen molar-refractivity contribution in [3.05, 3.63) is 52.2 Å². The van der Waals surface area contributed by atoms with E-state index in [4.69, 9.17) is 5.73 Å². The van der Waals surface area contributed by atoms with Crippen molar-refractivity contribution >= 4 is 27.1 Å². The lowest BCUT2D eigenvalue weighted by atomic mass is 10.2. The minimum absolute atomic E-state index is 0.00640. The fraction of sp³-hybridized carbons (Fsp3) is 0.0833. The van der Waals surface area contributed by atoms with Gasteiger partial charge in [0.15, 0.2) is 5.03 Å². The van der Waals surface area contributed by atoms with Gasteiger partial charge < -0.3 is 5.73 Å². The van der Waals surface area contributed by atoms with Gasteiger partial charge >= 0.3 is 0 Å². The van der Waals surface area contributed by atoms with Gasteiger partial charge in [0, 0.05) is 12.3 Å². The number of rotatable bonds is 4. The van der Waals surface area contributed by atoms with Gasteiger partial charge in [0.25, 0.3) is 15.7 Å². The standard InChI is InChI=1S/C12H12N4O4S/c1-8-10(5-2-6-11(8)16(17)18)15-21(19,20)12-9(13)4-3-7-14-12/h2-7,15H,13H2,1H3.